The van der Waals surface area contributed by atoms with Crippen molar-refractivity contribution in [3.8, 4) is 0 Å². The van der Waals surface area contributed by atoms with Gasteiger partial charge in [0.05, 0.1) is 11.6 Å². The van der Waals surface area contributed by atoms with Crippen LogP contribution in [0.2, 0.25) is 5.02 Å². The lowest BCUT2D eigenvalue weighted by Crippen LogP contribution is -2.34. The Morgan fingerprint density at radius 2 is 1.91 bits per heavy atom. The maximum atomic E-state index is 12.6. The van der Waals surface area contributed by atoms with Crippen LogP contribution >= 0.6 is 11.6 Å². The van der Waals surface area contributed by atoms with E-state index in [-0.39, 0.29) is 29.9 Å². The first-order valence-corrected chi connectivity index (χ1v) is 8.02. The van der Waals surface area contributed by atoms with Crippen molar-refractivity contribution in [2.75, 3.05) is 4.90 Å². The molecule has 5 heteroatoms. The predicted molar refractivity (Wildman–Crippen MR) is 85.7 cm³/mol. The molecule has 4 nitrogen and oxygen atoms in total. The molecule has 1 saturated heterocycles. The van der Waals surface area contributed by atoms with Crippen molar-refractivity contribution in [2.45, 2.75) is 39.5 Å². The highest BCUT2D eigenvalue weighted by molar-refractivity contribution is 6.30. The third-order valence-electron chi connectivity index (χ3n) is 4.10. The molecule has 2 atom stereocenters. The van der Waals surface area contributed by atoms with E-state index in [2.05, 4.69) is 0 Å². The van der Waals surface area contributed by atoms with Crippen molar-refractivity contribution in [1.29, 1.82) is 0 Å². The molecule has 0 radical (unpaired) electrons. The molecule has 0 aliphatic carbocycles. The normalized spacial score (nSPS) is 19.6. The zero-order chi connectivity index (χ0) is 16.3. The molecule has 0 spiro atoms. The van der Waals surface area contributed by atoms with Crippen LogP contribution in [-0.4, -0.2) is 17.6 Å². The quantitative estimate of drug-likeness (QED) is 0.752. The van der Waals surface area contributed by atoms with E-state index in [1.807, 2.05) is 13.8 Å². The average molecular weight is 322 g/mol. The highest BCUT2D eigenvalue weighted by Crippen LogP contribution is 2.33. The average Bonchev–Trinajstić information content (AvgIpc) is 2.77. The van der Waals surface area contributed by atoms with E-state index >= 15 is 0 Å². The third kappa shape index (κ3) is 3.22. The molecule has 0 aromatic heterocycles. The second-order valence-electron chi connectivity index (χ2n) is 5.59. The van der Waals surface area contributed by atoms with E-state index in [0.29, 0.717) is 23.6 Å². The molecule has 1 aromatic carbocycles. The van der Waals surface area contributed by atoms with E-state index in [0.717, 1.165) is 6.42 Å². The van der Waals surface area contributed by atoms with Crippen LogP contribution < -0.4 is 4.90 Å². The van der Waals surface area contributed by atoms with Crippen molar-refractivity contribution >= 4 is 34.9 Å². The fourth-order valence-electron chi connectivity index (χ4n) is 3.00. The number of hydrogen-bond acceptors (Lipinski definition) is 3. The molecule has 2 rings (SSSR count). The van der Waals surface area contributed by atoms with Gasteiger partial charge in [0, 0.05) is 23.8 Å². The van der Waals surface area contributed by atoms with Gasteiger partial charge in [-0.2, -0.15) is 0 Å². The summed E-state index contributed by atoms with van der Waals surface area (Å²) in [7, 11) is 0. The van der Waals surface area contributed by atoms with Crippen molar-refractivity contribution in [1.82, 2.24) is 0 Å². The Balaban J connectivity index is 2.24. The lowest BCUT2D eigenvalue weighted by Gasteiger charge is -2.20. The lowest BCUT2D eigenvalue weighted by atomic mass is 9.84. The molecule has 0 saturated carbocycles. The summed E-state index contributed by atoms with van der Waals surface area (Å²) < 4.78 is 0. The summed E-state index contributed by atoms with van der Waals surface area (Å²) in [6.07, 6.45) is 1.90. The van der Waals surface area contributed by atoms with Crippen LogP contribution in [0.3, 0.4) is 0 Å². The molecule has 118 valence electrons. The number of carbonyl (C=O) groups is 3. The smallest absolute Gasteiger partial charge is 0.238 e. The number of Topliss-reactive ketones (excluding diaryl/α,β-unsaturated/α-hetero) is 1. The number of carbonyl (C=O) groups excluding carboxylic acids is 3. The van der Waals surface area contributed by atoms with Crippen LogP contribution in [0.15, 0.2) is 24.3 Å². The summed E-state index contributed by atoms with van der Waals surface area (Å²) in [5.41, 5.74) is 0.514. The van der Waals surface area contributed by atoms with E-state index in [9.17, 15) is 14.4 Å². The van der Waals surface area contributed by atoms with Crippen LogP contribution in [0, 0.1) is 11.8 Å². The second-order valence-corrected chi connectivity index (χ2v) is 6.02. The van der Waals surface area contributed by atoms with Crippen molar-refractivity contribution in [3.05, 3.63) is 29.3 Å². The standard InChI is InChI=1S/C17H20ClNO3/c1-3-5-15(20)13(4-2)14-10-16(21)19(17(14)22)12-8-6-11(18)7-9-12/h6-9,13-14H,3-5,10H2,1-2H3. The van der Waals surface area contributed by atoms with Crippen molar-refractivity contribution in [2.24, 2.45) is 11.8 Å². The number of amides is 2. The SMILES string of the molecule is CCCC(=O)C(CC)C1CC(=O)N(c2ccc(Cl)cc2)C1=O. The minimum absolute atomic E-state index is 0.0779. The van der Waals surface area contributed by atoms with E-state index in [4.69, 9.17) is 11.6 Å². The third-order valence-corrected chi connectivity index (χ3v) is 4.35. The lowest BCUT2D eigenvalue weighted by molar-refractivity contribution is -0.130. The Bertz CT molecular complexity index is 582. The monoisotopic (exact) mass is 321 g/mol. The summed E-state index contributed by atoms with van der Waals surface area (Å²) in [5.74, 6) is -1.35. The number of benzene rings is 1. The topological polar surface area (TPSA) is 54.5 Å². The van der Waals surface area contributed by atoms with Gasteiger partial charge in [0.25, 0.3) is 0 Å². The molecule has 1 heterocycles. The number of hydrogen-bond donors (Lipinski definition) is 0. The Morgan fingerprint density at radius 3 is 2.45 bits per heavy atom. The largest absolute Gasteiger partial charge is 0.299 e. The van der Waals surface area contributed by atoms with Crippen LogP contribution in [0.1, 0.15) is 39.5 Å². The summed E-state index contributed by atoms with van der Waals surface area (Å²) in [5, 5.41) is 0.545. The molecule has 22 heavy (non-hydrogen) atoms. The van der Waals surface area contributed by atoms with Crippen LogP contribution in [0.4, 0.5) is 5.69 Å². The summed E-state index contributed by atoms with van der Waals surface area (Å²) in [4.78, 5) is 38.3. The van der Waals surface area contributed by atoms with Gasteiger partial charge in [0.1, 0.15) is 5.78 Å². The van der Waals surface area contributed by atoms with Gasteiger partial charge >= 0.3 is 0 Å². The zero-order valence-electron chi connectivity index (χ0n) is 12.8. The Hall–Kier alpha value is -1.68. The molecule has 1 aromatic rings. The van der Waals surface area contributed by atoms with Gasteiger partial charge in [-0.1, -0.05) is 25.4 Å². The van der Waals surface area contributed by atoms with Crippen LogP contribution in [-0.2, 0) is 14.4 Å². The molecule has 2 unspecified atom stereocenters. The summed E-state index contributed by atoms with van der Waals surface area (Å²) >= 11 is 5.84. The van der Waals surface area contributed by atoms with Gasteiger partial charge in [-0.15, -0.1) is 0 Å². The molecular formula is C17H20ClNO3. The first-order valence-electron chi connectivity index (χ1n) is 7.64. The zero-order valence-corrected chi connectivity index (χ0v) is 13.6. The Labute approximate surface area is 135 Å². The first kappa shape index (κ1) is 16.7. The molecule has 1 fully saturated rings. The van der Waals surface area contributed by atoms with Crippen molar-refractivity contribution in [3.63, 3.8) is 0 Å². The molecule has 1 aliphatic rings. The highest BCUT2D eigenvalue weighted by atomic mass is 35.5. The number of ketones is 1. The minimum atomic E-state index is -0.535. The van der Waals surface area contributed by atoms with Crippen LogP contribution in [0.5, 0.6) is 0 Å². The van der Waals surface area contributed by atoms with Gasteiger partial charge in [-0.05, 0) is 37.1 Å². The maximum absolute atomic E-state index is 12.6. The number of imide groups is 1. The van der Waals surface area contributed by atoms with E-state index in [1.54, 1.807) is 24.3 Å². The van der Waals surface area contributed by atoms with Gasteiger partial charge in [-0.3, -0.25) is 19.3 Å². The van der Waals surface area contributed by atoms with Crippen molar-refractivity contribution < 1.29 is 14.4 Å². The fourth-order valence-corrected chi connectivity index (χ4v) is 3.13. The molecule has 0 bridgehead atoms. The number of halogens is 1. The van der Waals surface area contributed by atoms with E-state index in [1.165, 1.54) is 4.90 Å². The van der Waals surface area contributed by atoms with Crippen LogP contribution in [0.25, 0.3) is 0 Å². The van der Waals surface area contributed by atoms with Gasteiger partial charge in [0.15, 0.2) is 0 Å². The predicted octanol–water partition coefficient (Wildman–Crippen LogP) is 3.61. The Morgan fingerprint density at radius 1 is 1.27 bits per heavy atom. The number of anilines is 1. The Kier molecular flexibility index (Phi) is 5.35. The first-order chi connectivity index (χ1) is 10.5. The van der Waals surface area contributed by atoms with Gasteiger partial charge < -0.3 is 0 Å². The van der Waals surface area contributed by atoms with Gasteiger partial charge in [0.2, 0.25) is 11.8 Å². The minimum Gasteiger partial charge on any atom is -0.299 e. The fraction of sp³-hybridized carbons (Fsp3) is 0.471. The maximum Gasteiger partial charge on any atom is 0.238 e. The summed E-state index contributed by atoms with van der Waals surface area (Å²) in [6.45, 7) is 3.83. The molecular weight excluding hydrogens is 302 g/mol. The molecule has 2 amide bonds. The number of nitrogens with zero attached hydrogens (tertiary/aromatic N) is 1. The summed E-state index contributed by atoms with van der Waals surface area (Å²) in [6, 6.07) is 6.58. The second kappa shape index (κ2) is 7.05. The van der Waals surface area contributed by atoms with Gasteiger partial charge in [-0.25, -0.2) is 0 Å². The molecule has 0 N–H and O–H groups in total. The highest BCUT2D eigenvalue weighted by Gasteiger charge is 2.44. The van der Waals surface area contributed by atoms with E-state index < -0.39 is 5.92 Å². The molecule has 1 aliphatic heterocycles. The number of rotatable bonds is 6.